The Hall–Kier alpha value is -4.00. The van der Waals surface area contributed by atoms with Crippen molar-refractivity contribution in [1.82, 2.24) is 0 Å². The van der Waals surface area contributed by atoms with Crippen LogP contribution in [0.15, 0.2) is 72.8 Å². The van der Waals surface area contributed by atoms with Gasteiger partial charge in [-0.05, 0) is 61.5 Å². The average molecular weight is 421 g/mol. The van der Waals surface area contributed by atoms with Crippen molar-refractivity contribution in [3.8, 4) is 23.0 Å². The van der Waals surface area contributed by atoms with Gasteiger partial charge in [-0.2, -0.15) is 0 Å². The van der Waals surface area contributed by atoms with E-state index in [1.165, 1.54) is 13.2 Å². The summed E-state index contributed by atoms with van der Waals surface area (Å²) in [6.07, 6.45) is 0. The molecule has 3 aromatic carbocycles. The van der Waals surface area contributed by atoms with Gasteiger partial charge in [0, 0.05) is 5.69 Å². The summed E-state index contributed by atoms with van der Waals surface area (Å²) in [6.45, 7) is 1.83. The molecule has 7 heteroatoms. The smallest absolute Gasteiger partial charge is 0.338 e. The van der Waals surface area contributed by atoms with Gasteiger partial charge >= 0.3 is 5.97 Å². The average Bonchev–Trinajstić information content (AvgIpc) is 2.79. The summed E-state index contributed by atoms with van der Waals surface area (Å²) in [5.74, 6) is 1.21. The molecule has 0 aromatic heterocycles. The second kappa shape index (κ2) is 10.7. The van der Waals surface area contributed by atoms with Crippen LogP contribution in [-0.4, -0.2) is 32.2 Å². The molecule has 3 rings (SSSR count). The van der Waals surface area contributed by atoms with Crippen molar-refractivity contribution in [2.45, 2.75) is 6.92 Å². The van der Waals surface area contributed by atoms with Crippen molar-refractivity contribution < 1.29 is 28.5 Å². The Kier molecular flexibility index (Phi) is 7.48. The normalized spacial score (nSPS) is 10.1. The Balaban J connectivity index is 1.51. The van der Waals surface area contributed by atoms with Gasteiger partial charge < -0.3 is 24.3 Å². The van der Waals surface area contributed by atoms with Gasteiger partial charge in [-0.15, -0.1) is 0 Å². The van der Waals surface area contributed by atoms with Crippen LogP contribution in [-0.2, 0) is 9.53 Å². The van der Waals surface area contributed by atoms with Gasteiger partial charge in [0.25, 0.3) is 5.91 Å². The summed E-state index contributed by atoms with van der Waals surface area (Å²) in [4.78, 5) is 24.4. The van der Waals surface area contributed by atoms with Crippen LogP contribution < -0.4 is 19.5 Å². The number of carbonyl (C=O) groups excluding carboxylic acids is 2. The van der Waals surface area contributed by atoms with Crippen LogP contribution in [0.5, 0.6) is 23.0 Å². The van der Waals surface area contributed by atoms with Crippen molar-refractivity contribution >= 4 is 17.6 Å². The fraction of sp³-hybridized carbons (Fsp3) is 0.167. The molecule has 3 aromatic rings. The van der Waals surface area contributed by atoms with E-state index in [0.29, 0.717) is 29.5 Å². The molecule has 7 nitrogen and oxygen atoms in total. The first kappa shape index (κ1) is 21.7. The first-order chi connectivity index (χ1) is 15.1. The summed E-state index contributed by atoms with van der Waals surface area (Å²) in [5, 5.41) is 2.67. The molecule has 31 heavy (non-hydrogen) atoms. The zero-order valence-corrected chi connectivity index (χ0v) is 17.3. The minimum absolute atomic E-state index is 0.263. The number of ether oxygens (including phenoxy) is 4. The molecule has 0 saturated heterocycles. The number of hydrogen-bond donors (Lipinski definition) is 1. The second-order valence-electron chi connectivity index (χ2n) is 6.36. The predicted molar refractivity (Wildman–Crippen MR) is 116 cm³/mol. The molecular formula is C24H23NO6. The van der Waals surface area contributed by atoms with Crippen LogP contribution >= 0.6 is 0 Å². The molecule has 1 N–H and O–H groups in total. The van der Waals surface area contributed by atoms with Crippen molar-refractivity contribution in [2.24, 2.45) is 0 Å². The van der Waals surface area contributed by atoms with Crippen molar-refractivity contribution in [3.63, 3.8) is 0 Å². The minimum atomic E-state index is -0.634. The molecule has 0 bridgehead atoms. The first-order valence-corrected chi connectivity index (χ1v) is 9.70. The van der Waals surface area contributed by atoms with Crippen molar-refractivity contribution in [3.05, 3.63) is 78.4 Å². The fourth-order valence-corrected chi connectivity index (χ4v) is 2.71. The van der Waals surface area contributed by atoms with Gasteiger partial charge in [-0.25, -0.2) is 4.79 Å². The molecule has 0 aliphatic rings. The Labute approximate surface area is 180 Å². The van der Waals surface area contributed by atoms with E-state index in [4.69, 9.17) is 18.9 Å². The van der Waals surface area contributed by atoms with E-state index in [1.807, 2.05) is 37.3 Å². The first-order valence-electron chi connectivity index (χ1n) is 9.70. The SMILES string of the molecule is CCOc1cc(C(=O)OCC(=O)Nc2ccc(Oc3ccccc3)cc2)ccc1OC. The van der Waals surface area contributed by atoms with E-state index in [1.54, 1.807) is 36.4 Å². The lowest BCUT2D eigenvalue weighted by Gasteiger charge is -2.11. The van der Waals surface area contributed by atoms with Gasteiger partial charge in [0.05, 0.1) is 19.3 Å². The molecule has 0 aliphatic carbocycles. The highest BCUT2D eigenvalue weighted by Crippen LogP contribution is 2.28. The van der Waals surface area contributed by atoms with E-state index in [-0.39, 0.29) is 5.56 Å². The van der Waals surface area contributed by atoms with Gasteiger partial charge in [-0.1, -0.05) is 18.2 Å². The Morgan fingerprint density at radius 2 is 1.58 bits per heavy atom. The Bertz CT molecular complexity index is 1020. The standard InChI is InChI=1S/C24H23NO6/c1-3-29-22-15-17(9-14-21(22)28-2)24(27)30-16-23(26)25-18-10-12-20(13-11-18)31-19-7-5-4-6-8-19/h4-15H,3,16H2,1-2H3,(H,25,26). The number of hydrogen-bond acceptors (Lipinski definition) is 6. The van der Waals surface area contributed by atoms with Gasteiger partial charge in [-0.3, -0.25) is 4.79 Å². The monoisotopic (exact) mass is 421 g/mol. The molecule has 160 valence electrons. The molecule has 0 unspecified atom stereocenters. The van der Waals surface area contributed by atoms with E-state index < -0.39 is 18.5 Å². The largest absolute Gasteiger partial charge is 0.493 e. The minimum Gasteiger partial charge on any atom is -0.493 e. The molecular weight excluding hydrogens is 398 g/mol. The highest BCUT2D eigenvalue weighted by Gasteiger charge is 2.14. The van der Waals surface area contributed by atoms with E-state index in [0.717, 1.165) is 5.75 Å². The lowest BCUT2D eigenvalue weighted by atomic mass is 10.2. The lowest BCUT2D eigenvalue weighted by Crippen LogP contribution is -2.20. The summed E-state index contributed by atoms with van der Waals surface area (Å²) < 4.78 is 21.4. The van der Waals surface area contributed by atoms with Crippen LogP contribution in [0.25, 0.3) is 0 Å². The van der Waals surface area contributed by atoms with Crippen molar-refractivity contribution in [2.75, 3.05) is 25.6 Å². The Morgan fingerprint density at radius 3 is 2.26 bits per heavy atom. The number of nitrogens with one attached hydrogen (secondary N) is 1. The van der Waals surface area contributed by atoms with Crippen LogP contribution in [0, 0.1) is 0 Å². The third-order valence-corrected chi connectivity index (χ3v) is 4.15. The number of esters is 1. The second-order valence-corrected chi connectivity index (χ2v) is 6.36. The van der Waals surface area contributed by atoms with E-state index in [2.05, 4.69) is 5.32 Å². The third kappa shape index (κ3) is 6.24. The molecule has 0 spiro atoms. The van der Waals surface area contributed by atoms with Crippen LogP contribution in [0.4, 0.5) is 5.69 Å². The molecule has 0 atom stereocenters. The zero-order valence-electron chi connectivity index (χ0n) is 17.3. The number of carbonyl (C=O) groups is 2. The maximum atomic E-state index is 12.3. The van der Waals surface area contributed by atoms with Crippen LogP contribution in [0.3, 0.4) is 0 Å². The number of rotatable bonds is 9. The lowest BCUT2D eigenvalue weighted by molar-refractivity contribution is -0.119. The predicted octanol–water partition coefficient (Wildman–Crippen LogP) is 4.68. The molecule has 0 saturated carbocycles. The zero-order chi connectivity index (χ0) is 22.1. The van der Waals surface area contributed by atoms with E-state index >= 15 is 0 Å². The Morgan fingerprint density at radius 1 is 0.871 bits per heavy atom. The highest BCUT2D eigenvalue weighted by atomic mass is 16.5. The van der Waals surface area contributed by atoms with Gasteiger partial charge in [0.2, 0.25) is 0 Å². The summed E-state index contributed by atoms with van der Waals surface area (Å²) in [6, 6.07) is 20.9. The maximum absolute atomic E-state index is 12.3. The van der Waals surface area contributed by atoms with Crippen LogP contribution in [0.1, 0.15) is 17.3 Å². The van der Waals surface area contributed by atoms with Crippen LogP contribution in [0.2, 0.25) is 0 Å². The maximum Gasteiger partial charge on any atom is 0.338 e. The number of amides is 1. The molecule has 0 aliphatic heterocycles. The summed E-state index contributed by atoms with van der Waals surface area (Å²) >= 11 is 0. The van der Waals surface area contributed by atoms with Gasteiger partial charge in [0.15, 0.2) is 18.1 Å². The number of benzene rings is 3. The quantitative estimate of drug-likeness (QED) is 0.505. The molecule has 0 heterocycles. The topological polar surface area (TPSA) is 83.1 Å². The van der Waals surface area contributed by atoms with Gasteiger partial charge in [0.1, 0.15) is 11.5 Å². The number of para-hydroxylation sites is 1. The molecule has 1 amide bonds. The van der Waals surface area contributed by atoms with E-state index in [9.17, 15) is 9.59 Å². The third-order valence-electron chi connectivity index (χ3n) is 4.15. The highest BCUT2D eigenvalue weighted by molar-refractivity contribution is 5.95. The summed E-state index contributed by atoms with van der Waals surface area (Å²) in [7, 11) is 1.51. The fourth-order valence-electron chi connectivity index (χ4n) is 2.71. The molecule has 0 fully saturated rings. The number of anilines is 1. The molecule has 0 radical (unpaired) electrons. The summed E-state index contributed by atoms with van der Waals surface area (Å²) in [5.41, 5.74) is 0.823. The number of methoxy groups -OCH3 is 1. The van der Waals surface area contributed by atoms with Crippen molar-refractivity contribution in [1.29, 1.82) is 0 Å².